The smallest absolute Gasteiger partial charge is 0.308 e. The maximum absolute atomic E-state index is 12.5. The van der Waals surface area contributed by atoms with Crippen LogP contribution >= 0.6 is 11.6 Å². The monoisotopic (exact) mass is 313 g/mol. The number of halogens is 1. The standard InChI is InChI=1S/C14H20ClN3O3/c1-8(14(20)21)6-17(11-4-5-11)12(19)7-18-10(3)13(15)9(2)16-18/h8,11H,4-7H2,1-3H3,(H,20,21)/t8-/m0/s1. The predicted molar refractivity (Wildman–Crippen MR) is 78.2 cm³/mol. The number of carbonyl (C=O) groups is 2. The molecule has 1 aromatic heterocycles. The Morgan fingerprint density at radius 2 is 2.10 bits per heavy atom. The van der Waals surface area contributed by atoms with Crippen LogP contribution < -0.4 is 0 Å². The molecule has 1 aliphatic rings. The molecular formula is C14H20ClN3O3. The molecule has 1 fully saturated rings. The van der Waals surface area contributed by atoms with E-state index in [1.54, 1.807) is 23.4 Å². The van der Waals surface area contributed by atoms with E-state index in [0.717, 1.165) is 18.5 Å². The number of carboxylic acids is 1. The predicted octanol–water partition coefficient (Wildman–Crippen LogP) is 1.87. The van der Waals surface area contributed by atoms with E-state index in [0.29, 0.717) is 10.7 Å². The molecule has 1 heterocycles. The third kappa shape index (κ3) is 3.56. The van der Waals surface area contributed by atoms with Gasteiger partial charge >= 0.3 is 5.97 Å². The summed E-state index contributed by atoms with van der Waals surface area (Å²) < 4.78 is 1.58. The molecule has 116 valence electrons. The lowest BCUT2D eigenvalue weighted by Gasteiger charge is -2.24. The second-order valence-corrected chi connectivity index (χ2v) is 6.04. The molecule has 1 atom stereocenters. The van der Waals surface area contributed by atoms with Gasteiger partial charge in [0.05, 0.1) is 22.3 Å². The number of hydrogen-bond donors (Lipinski definition) is 1. The molecular weight excluding hydrogens is 294 g/mol. The maximum Gasteiger partial charge on any atom is 0.308 e. The van der Waals surface area contributed by atoms with Gasteiger partial charge in [-0.3, -0.25) is 14.3 Å². The summed E-state index contributed by atoms with van der Waals surface area (Å²) in [6, 6.07) is 0.173. The molecule has 7 heteroatoms. The molecule has 21 heavy (non-hydrogen) atoms. The van der Waals surface area contributed by atoms with Gasteiger partial charge in [-0.25, -0.2) is 0 Å². The van der Waals surface area contributed by atoms with Crippen LogP contribution in [0.4, 0.5) is 0 Å². The van der Waals surface area contributed by atoms with E-state index in [4.69, 9.17) is 16.7 Å². The first-order valence-corrected chi connectivity index (χ1v) is 7.40. The molecule has 0 saturated heterocycles. The number of aryl methyl sites for hydroxylation is 1. The van der Waals surface area contributed by atoms with Crippen molar-refractivity contribution in [3.05, 3.63) is 16.4 Å². The van der Waals surface area contributed by atoms with Gasteiger partial charge in [-0.2, -0.15) is 5.10 Å². The van der Waals surface area contributed by atoms with Gasteiger partial charge in [0.2, 0.25) is 5.91 Å². The summed E-state index contributed by atoms with van der Waals surface area (Å²) in [7, 11) is 0. The quantitative estimate of drug-likeness (QED) is 0.870. The maximum atomic E-state index is 12.5. The number of rotatable bonds is 6. The first-order chi connectivity index (χ1) is 9.81. The molecule has 0 bridgehead atoms. The molecule has 0 aliphatic heterocycles. The van der Waals surface area contributed by atoms with Crippen molar-refractivity contribution in [1.82, 2.24) is 14.7 Å². The Morgan fingerprint density at radius 3 is 2.52 bits per heavy atom. The summed E-state index contributed by atoms with van der Waals surface area (Å²) in [4.78, 5) is 25.1. The average molecular weight is 314 g/mol. The van der Waals surface area contributed by atoms with E-state index < -0.39 is 11.9 Å². The van der Waals surface area contributed by atoms with Crippen LogP contribution in [0.1, 0.15) is 31.2 Å². The number of nitrogens with zero attached hydrogens (tertiary/aromatic N) is 3. The fourth-order valence-electron chi connectivity index (χ4n) is 2.26. The number of carboxylic acid groups (broad SMARTS) is 1. The number of hydrogen-bond acceptors (Lipinski definition) is 3. The van der Waals surface area contributed by atoms with Gasteiger partial charge in [0, 0.05) is 12.6 Å². The lowest BCUT2D eigenvalue weighted by atomic mass is 10.1. The minimum absolute atomic E-state index is 0.0994. The second kappa shape index (κ2) is 6.05. The summed E-state index contributed by atoms with van der Waals surface area (Å²) in [6.07, 6.45) is 1.88. The molecule has 1 amide bonds. The van der Waals surface area contributed by atoms with Gasteiger partial charge in [-0.05, 0) is 26.7 Å². The van der Waals surface area contributed by atoms with Crippen molar-refractivity contribution in [3.63, 3.8) is 0 Å². The third-order valence-electron chi connectivity index (χ3n) is 3.78. The lowest BCUT2D eigenvalue weighted by molar-refractivity contribution is -0.143. The van der Waals surface area contributed by atoms with Crippen molar-refractivity contribution >= 4 is 23.5 Å². The van der Waals surface area contributed by atoms with E-state index in [9.17, 15) is 9.59 Å². The Kier molecular flexibility index (Phi) is 4.56. The number of amides is 1. The highest BCUT2D eigenvalue weighted by Crippen LogP contribution is 2.28. The number of carbonyl (C=O) groups excluding carboxylic acids is 1. The molecule has 6 nitrogen and oxygen atoms in total. The Morgan fingerprint density at radius 1 is 1.48 bits per heavy atom. The third-order valence-corrected chi connectivity index (χ3v) is 4.33. The van der Waals surface area contributed by atoms with Gasteiger partial charge in [0.15, 0.2) is 0 Å². The van der Waals surface area contributed by atoms with E-state index in [2.05, 4.69) is 5.10 Å². The molecule has 1 saturated carbocycles. The van der Waals surface area contributed by atoms with Crippen LogP contribution in [-0.4, -0.2) is 44.3 Å². The van der Waals surface area contributed by atoms with E-state index >= 15 is 0 Å². The lowest BCUT2D eigenvalue weighted by Crippen LogP contribution is -2.40. The highest BCUT2D eigenvalue weighted by atomic mass is 35.5. The summed E-state index contributed by atoms with van der Waals surface area (Å²) in [5.41, 5.74) is 1.45. The zero-order valence-electron chi connectivity index (χ0n) is 12.5. The van der Waals surface area contributed by atoms with Crippen molar-refractivity contribution in [3.8, 4) is 0 Å². The molecule has 0 aromatic carbocycles. The SMILES string of the molecule is Cc1nn(CC(=O)N(C[C@H](C)C(=O)O)C2CC2)c(C)c1Cl. The van der Waals surface area contributed by atoms with Crippen LogP contribution in [0.2, 0.25) is 5.02 Å². The van der Waals surface area contributed by atoms with E-state index in [1.165, 1.54) is 0 Å². The topological polar surface area (TPSA) is 75.4 Å². The Bertz CT molecular complexity index is 566. The fraction of sp³-hybridized carbons (Fsp3) is 0.643. The molecule has 0 spiro atoms. The molecule has 1 aliphatic carbocycles. The Balaban J connectivity index is 2.08. The van der Waals surface area contributed by atoms with Crippen molar-refractivity contribution < 1.29 is 14.7 Å². The van der Waals surface area contributed by atoms with E-state index in [1.807, 2.05) is 6.92 Å². The van der Waals surface area contributed by atoms with Crippen LogP contribution in [0.3, 0.4) is 0 Å². The Hall–Kier alpha value is -1.56. The van der Waals surface area contributed by atoms with Crippen molar-refractivity contribution in [2.75, 3.05) is 6.54 Å². The van der Waals surface area contributed by atoms with Crippen molar-refractivity contribution in [1.29, 1.82) is 0 Å². The summed E-state index contributed by atoms with van der Waals surface area (Å²) in [5.74, 6) is -1.56. The summed E-state index contributed by atoms with van der Waals surface area (Å²) >= 11 is 6.08. The summed E-state index contributed by atoms with van der Waals surface area (Å²) in [5, 5.41) is 13.8. The fourth-order valence-corrected chi connectivity index (χ4v) is 2.40. The molecule has 0 radical (unpaired) electrons. The molecule has 1 aromatic rings. The average Bonchev–Trinajstić information content (AvgIpc) is 3.22. The number of aliphatic carboxylic acids is 1. The van der Waals surface area contributed by atoms with Gasteiger partial charge in [0.25, 0.3) is 0 Å². The van der Waals surface area contributed by atoms with Crippen LogP contribution in [0.5, 0.6) is 0 Å². The number of aromatic nitrogens is 2. The molecule has 1 N–H and O–H groups in total. The second-order valence-electron chi connectivity index (χ2n) is 5.66. The van der Waals surface area contributed by atoms with Crippen LogP contribution in [-0.2, 0) is 16.1 Å². The van der Waals surface area contributed by atoms with Gasteiger partial charge in [-0.1, -0.05) is 18.5 Å². The minimum Gasteiger partial charge on any atom is -0.481 e. The van der Waals surface area contributed by atoms with Crippen LogP contribution in [0, 0.1) is 19.8 Å². The van der Waals surface area contributed by atoms with E-state index in [-0.39, 0.29) is 25.0 Å². The first kappa shape index (κ1) is 15.8. The largest absolute Gasteiger partial charge is 0.481 e. The van der Waals surface area contributed by atoms with Gasteiger partial charge in [0.1, 0.15) is 6.54 Å². The first-order valence-electron chi connectivity index (χ1n) is 7.03. The Labute approximate surface area is 128 Å². The zero-order valence-corrected chi connectivity index (χ0v) is 13.2. The van der Waals surface area contributed by atoms with Crippen molar-refractivity contribution in [2.45, 2.75) is 46.2 Å². The highest BCUT2D eigenvalue weighted by molar-refractivity contribution is 6.31. The zero-order chi connectivity index (χ0) is 15.7. The minimum atomic E-state index is -0.886. The highest BCUT2D eigenvalue weighted by Gasteiger charge is 2.34. The van der Waals surface area contributed by atoms with Crippen LogP contribution in [0.25, 0.3) is 0 Å². The van der Waals surface area contributed by atoms with Gasteiger partial charge < -0.3 is 10.0 Å². The molecule has 0 unspecified atom stereocenters. The summed E-state index contributed by atoms with van der Waals surface area (Å²) in [6.45, 7) is 5.57. The van der Waals surface area contributed by atoms with Crippen molar-refractivity contribution in [2.24, 2.45) is 5.92 Å². The van der Waals surface area contributed by atoms with Gasteiger partial charge in [-0.15, -0.1) is 0 Å². The molecule has 2 rings (SSSR count). The normalized spacial score (nSPS) is 15.8. The van der Waals surface area contributed by atoms with Crippen LogP contribution in [0.15, 0.2) is 0 Å².